The van der Waals surface area contributed by atoms with Gasteiger partial charge in [-0.25, -0.2) is 9.78 Å². The van der Waals surface area contributed by atoms with E-state index in [4.69, 9.17) is 9.47 Å². The van der Waals surface area contributed by atoms with Crippen molar-refractivity contribution >= 4 is 35.2 Å². The minimum Gasteiger partial charge on any atom is -0.467 e. The van der Waals surface area contributed by atoms with Crippen molar-refractivity contribution in [3.05, 3.63) is 29.9 Å². The lowest BCUT2D eigenvalue weighted by Gasteiger charge is -2.57. The zero-order chi connectivity index (χ0) is 31.9. The summed E-state index contributed by atoms with van der Waals surface area (Å²) in [5.74, 6) is -2.85. The molecule has 3 N–H and O–H groups in total. The number of amides is 1. The van der Waals surface area contributed by atoms with E-state index in [0.717, 1.165) is 18.4 Å². The van der Waals surface area contributed by atoms with Crippen LogP contribution in [0.1, 0.15) is 77.3 Å². The van der Waals surface area contributed by atoms with Gasteiger partial charge in [0.25, 0.3) is 0 Å². The van der Waals surface area contributed by atoms with Crippen molar-refractivity contribution in [2.24, 2.45) is 28.6 Å². The van der Waals surface area contributed by atoms with E-state index in [1.54, 1.807) is 6.08 Å². The third kappa shape index (κ3) is 5.52. The fraction of sp³-hybridized carbons (Fsp3) is 0.656. The molecule has 1 aromatic rings. The number of fused-ring (bicyclic) bond motifs is 5. The molecular formula is C32H41N3O9. The number of imidazole rings is 1. The van der Waals surface area contributed by atoms with Crippen LogP contribution in [0.4, 0.5) is 0 Å². The van der Waals surface area contributed by atoms with E-state index in [-0.39, 0.29) is 66.8 Å². The molecule has 0 radical (unpaired) electrons. The number of esters is 2. The summed E-state index contributed by atoms with van der Waals surface area (Å²) in [5.41, 5.74) is -1.53. The number of nitrogens with zero attached hydrogens (tertiary/aromatic N) is 1. The van der Waals surface area contributed by atoms with Gasteiger partial charge in [-0.15, -0.1) is 0 Å². The molecule has 0 bridgehead atoms. The first-order valence-corrected chi connectivity index (χ1v) is 15.3. The van der Waals surface area contributed by atoms with Gasteiger partial charge in [0, 0.05) is 48.9 Å². The Morgan fingerprint density at radius 1 is 1.14 bits per heavy atom. The predicted molar refractivity (Wildman–Crippen MR) is 153 cm³/mol. The molecule has 0 aromatic carbocycles. The quantitative estimate of drug-likeness (QED) is 0.331. The van der Waals surface area contributed by atoms with Crippen LogP contribution in [-0.2, 0) is 44.7 Å². The van der Waals surface area contributed by atoms with E-state index in [1.807, 2.05) is 6.92 Å². The molecule has 4 unspecified atom stereocenters. The summed E-state index contributed by atoms with van der Waals surface area (Å²) in [7, 11) is 1.20. The first-order chi connectivity index (χ1) is 20.8. The first-order valence-electron chi connectivity index (χ1n) is 15.3. The number of nitrogens with one attached hydrogen (secondary N) is 2. The normalized spacial score (nSPS) is 33.3. The van der Waals surface area contributed by atoms with E-state index in [0.29, 0.717) is 25.0 Å². The van der Waals surface area contributed by atoms with E-state index in [9.17, 15) is 33.9 Å². The lowest BCUT2D eigenvalue weighted by molar-refractivity contribution is -0.173. The summed E-state index contributed by atoms with van der Waals surface area (Å²) in [6, 6.07) is -0.983. The Balaban J connectivity index is 1.17. The van der Waals surface area contributed by atoms with Gasteiger partial charge in [-0.2, -0.15) is 0 Å². The Hall–Kier alpha value is -3.67. The number of hydrogen-bond acceptors (Lipinski definition) is 10. The number of H-pyrrole nitrogens is 1. The maximum atomic E-state index is 13.8. The second-order valence-electron chi connectivity index (χ2n) is 13.3. The minimum atomic E-state index is -1.82. The van der Waals surface area contributed by atoms with Crippen molar-refractivity contribution < 1.29 is 43.3 Å². The second-order valence-corrected chi connectivity index (χ2v) is 13.3. The highest BCUT2D eigenvalue weighted by Gasteiger charge is 2.68. The summed E-state index contributed by atoms with van der Waals surface area (Å²) >= 11 is 0. The molecule has 0 spiro atoms. The smallest absolute Gasteiger partial charge is 0.328 e. The van der Waals surface area contributed by atoms with Crippen LogP contribution in [0.15, 0.2) is 24.2 Å². The largest absolute Gasteiger partial charge is 0.467 e. The van der Waals surface area contributed by atoms with Crippen molar-refractivity contribution in [2.45, 2.75) is 89.7 Å². The molecule has 3 saturated carbocycles. The average molecular weight is 612 g/mol. The molecule has 5 rings (SSSR count). The van der Waals surface area contributed by atoms with Crippen LogP contribution in [0.25, 0.3) is 0 Å². The summed E-state index contributed by atoms with van der Waals surface area (Å²) in [5, 5.41) is 14.3. The van der Waals surface area contributed by atoms with Gasteiger partial charge < -0.3 is 24.9 Å². The maximum Gasteiger partial charge on any atom is 0.328 e. The fourth-order valence-corrected chi connectivity index (χ4v) is 8.62. The zero-order valence-electron chi connectivity index (χ0n) is 25.5. The lowest BCUT2D eigenvalue weighted by atomic mass is 9.46. The van der Waals surface area contributed by atoms with Crippen molar-refractivity contribution in [1.82, 2.24) is 15.3 Å². The van der Waals surface area contributed by atoms with Crippen molar-refractivity contribution in [2.75, 3.05) is 13.7 Å². The van der Waals surface area contributed by atoms with Gasteiger partial charge >= 0.3 is 11.9 Å². The third-order valence-corrected chi connectivity index (χ3v) is 11.0. The number of aromatic amines is 1. The Bertz CT molecular complexity index is 1390. The van der Waals surface area contributed by atoms with Gasteiger partial charge in [-0.3, -0.25) is 24.0 Å². The lowest BCUT2D eigenvalue weighted by Crippen LogP contribution is -2.61. The van der Waals surface area contributed by atoms with Gasteiger partial charge in [-0.05, 0) is 55.4 Å². The molecule has 4 aliphatic rings. The maximum absolute atomic E-state index is 13.8. The molecule has 12 nitrogen and oxygen atoms in total. The summed E-state index contributed by atoms with van der Waals surface area (Å²) < 4.78 is 9.94. The standard InChI is InChI=1S/C32H41N3O9/c1-30-10-8-20(36)12-18(30)4-5-21-22-9-11-32(42,31(22,2)14-24(37)28(21)30)25(38)16-44-27(40)7-6-26(39)35-23(29(41)43-3)13-19-15-33-17-34-19/h12,15,17,21-23,28,42H,4-11,13-14,16H2,1-3H3,(H,33,34)(H,35,39)/t21?,22?,23?,28?,30-,31-,32-/m0/s1. The molecule has 0 aliphatic heterocycles. The van der Waals surface area contributed by atoms with E-state index >= 15 is 0 Å². The summed E-state index contributed by atoms with van der Waals surface area (Å²) in [4.78, 5) is 83.1. The number of ether oxygens (including phenoxy) is 2. The molecule has 44 heavy (non-hydrogen) atoms. The SMILES string of the molecule is COC(=O)C(Cc1cnc[nH]1)NC(=O)CCC(=O)OCC(=O)[C@@]1(O)CCC2C3CCC4=CC(=O)CC[C@]4(C)C3C(=O)C[C@@]21C. The highest BCUT2D eigenvalue weighted by Crippen LogP contribution is 2.66. The number of allylic oxidation sites excluding steroid dienone is 1. The number of rotatable bonds is 10. The van der Waals surface area contributed by atoms with Crippen molar-refractivity contribution in [3.63, 3.8) is 0 Å². The Kier molecular flexibility index (Phi) is 8.67. The molecule has 7 atom stereocenters. The van der Waals surface area contributed by atoms with Gasteiger partial charge in [0.1, 0.15) is 17.4 Å². The van der Waals surface area contributed by atoms with Gasteiger partial charge in [0.05, 0.1) is 19.9 Å². The second kappa shape index (κ2) is 12.0. The molecule has 1 amide bonds. The number of carbonyl (C=O) groups excluding carboxylic acids is 6. The zero-order valence-corrected chi connectivity index (χ0v) is 25.5. The summed E-state index contributed by atoms with van der Waals surface area (Å²) in [6.07, 6.45) is 7.50. The van der Waals surface area contributed by atoms with Crippen LogP contribution in [0, 0.1) is 28.6 Å². The van der Waals surface area contributed by atoms with Crippen LogP contribution in [0.3, 0.4) is 0 Å². The first kappa shape index (κ1) is 31.7. The third-order valence-electron chi connectivity index (χ3n) is 11.0. The molecular weight excluding hydrogens is 570 g/mol. The van der Waals surface area contributed by atoms with E-state index in [1.165, 1.54) is 19.6 Å². The highest BCUT2D eigenvalue weighted by atomic mass is 16.5. The number of aliphatic hydroxyl groups is 1. The van der Waals surface area contributed by atoms with Gasteiger partial charge in [0.2, 0.25) is 11.7 Å². The highest BCUT2D eigenvalue weighted by molar-refractivity contribution is 5.95. The molecule has 12 heteroatoms. The minimum absolute atomic E-state index is 0.00146. The fourth-order valence-electron chi connectivity index (χ4n) is 8.62. The van der Waals surface area contributed by atoms with Crippen LogP contribution < -0.4 is 5.32 Å². The number of aromatic nitrogens is 2. The Labute approximate surface area is 255 Å². The molecule has 1 aromatic heterocycles. The monoisotopic (exact) mass is 611 g/mol. The number of methoxy groups -OCH3 is 1. The van der Waals surface area contributed by atoms with E-state index < -0.39 is 47.3 Å². The number of carbonyl (C=O) groups is 6. The van der Waals surface area contributed by atoms with Crippen molar-refractivity contribution in [1.29, 1.82) is 0 Å². The van der Waals surface area contributed by atoms with Crippen LogP contribution in [-0.4, -0.2) is 75.6 Å². The Morgan fingerprint density at radius 3 is 2.61 bits per heavy atom. The number of hydrogen-bond donors (Lipinski definition) is 3. The van der Waals surface area contributed by atoms with Gasteiger partial charge in [-0.1, -0.05) is 19.4 Å². The molecule has 0 saturated heterocycles. The van der Waals surface area contributed by atoms with Crippen molar-refractivity contribution in [3.8, 4) is 0 Å². The Morgan fingerprint density at radius 2 is 1.91 bits per heavy atom. The average Bonchev–Trinajstić information content (AvgIpc) is 3.60. The topological polar surface area (TPSA) is 182 Å². The van der Waals surface area contributed by atoms with Crippen LogP contribution >= 0.6 is 0 Å². The van der Waals surface area contributed by atoms with Crippen LogP contribution in [0.2, 0.25) is 0 Å². The van der Waals surface area contributed by atoms with Gasteiger partial charge in [0.15, 0.2) is 12.4 Å². The van der Waals surface area contributed by atoms with Crippen LogP contribution in [0.5, 0.6) is 0 Å². The number of Topliss-reactive ketones (excluding diaryl/α,β-unsaturated/α-hetero) is 2. The molecule has 3 fully saturated rings. The molecule has 238 valence electrons. The number of ketones is 3. The molecule has 4 aliphatic carbocycles. The van der Waals surface area contributed by atoms with E-state index in [2.05, 4.69) is 22.2 Å². The summed E-state index contributed by atoms with van der Waals surface area (Å²) in [6.45, 7) is 3.23. The predicted octanol–water partition coefficient (Wildman–Crippen LogP) is 1.94. The molecule has 1 heterocycles.